The zero-order valence-electron chi connectivity index (χ0n) is 22.7. The van der Waals surface area contributed by atoms with Gasteiger partial charge in [0.05, 0.1) is 18.8 Å². The Morgan fingerprint density at radius 1 is 1.05 bits per heavy atom. The molecular formula is C21H34FN2O15P. The second-order valence-electron chi connectivity index (χ2n) is 8.72. The SMILES string of the molecule is CO[C@](CF)(COP(=O)(OCOC(=O)OC(C)C)OCOC(=O)OC(C)C)[C@@H](O)[C@@](C)(O)n1ccc(=O)[nH]c1=O. The van der Waals surface area contributed by atoms with Crippen molar-refractivity contribution in [2.24, 2.45) is 0 Å². The quantitative estimate of drug-likeness (QED) is 0.137. The number of nitrogens with zero attached hydrogens (tertiary/aromatic N) is 1. The van der Waals surface area contributed by atoms with Gasteiger partial charge in [-0.15, -0.1) is 0 Å². The van der Waals surface area contributed by atoms with Crippen molar-refractivity contribution >= 4 is 20.1 Å². The minimum Gasteiger partial charge on any atom is -0.432 e. The van der Waals surface area contributed by atoms with Crippen molar-refractivity contribution in [1.29, 1.82) is 0 Å². The Bertz CT molecular complexity index is 1100. The number of aliphatic hydroxyl groups excluding tert-OH is 1. The molecule has 0 amide bonds. The van der Waals surface area contributed by atoms with Crippen molar-refractivity contribution in [3.63, 3.8) is 0 Å². The first-order chi connectivity index (χ1) is 18.5. The van der Waals surface area contributed by atoms with Crippen molar-refractivity contribution in [3.8, 4) is 0 Å². The summed E-state index contributed by atoms with van der Waals surface area (Å²) in [5.41, 5.74) is -7.15. The zero-order valence-corrected chi connectivity index (χ0v) is 23.6. The lowest BCUT2D eigenvalue weighted by Gasteiger charge is -2.41. The van der Waals surface area contributed by atoms with E-state index in [0.717, 1.165) is 26.3 Å². The molecule has 17 nitrogen and oxygen atoms in total. The Labute approximate surface area is 227 Å². The van der Waals surface area contributed by atoms with Crippen molar-refractivity contribution in [3.05, 3.63) is 33.1 Å². The van der Waals surface area contributed by atoms with Gasteiger partial charge in [0.15, 0.2) is 11.3 Å². The van der Waals surface area contributed by atoms with E-state index in [1.54, 1.807) is 0 Å². The monoisotopic (exact) mass is 604 g/mol. The van der Waals surface area contributed by atoms with Gasteiger partial charge in [-0.1, -0.05) is 0 Å². The predicted molar refractivity (Wildman–Crippen MR) is 130 cm³/mol. The summed E-state index contributed by atoms with van der Waals surface area (Å²) < 4.78 is 66.4. The summed E-state index contributed by atoms with van der Waals surface area (Å²) in [7, 11) is -4.02. The number of carbonyl (C=O) groups excluding carboxylic acids is 2. The van der Waals surface area contributed by atoms with Crippen LogP contribution in [0.1, 0.15) is 34.6 Å². The number of alkyl halides is 1. The third kappa shape index (κ3) is 10.3. The number of carbonyl (C=O) groups is 2. The number of hydrogen-bond acceptors (Lipinski definition) is 15. The van der Waals surface area contributed by atoms with E-state index in [4.69, 9.17) is 27.8 Å². The second kappa shape index (κ2) is 15.2. The number of halogens is 1. The Kier molecular flexibility index (Phi) is 13.4. The van der Waals surface area contributed by atoms with Crippen LogP contribution in [0.5, 0.6) is 0 Å². The molecule has 1 aromatic heterocycles. The van der Waals surface area contributed by atoms with Gasteiger partial charge in [0.25, 0.3) is 5.56 Å². The molecule has 1 heterocycles. The summed E-state index contributed by atoms with van der Waals surface area (Å²) in [6.45, 7) is 2.04. The number of methoxy groups -OCH3 is 1. The fourth-order valence-corrected chi connectivity index (χ4v) is 3.81. The van der Waals surface area contributed by atoms with Crippen molar-refractivity contribution in [2.45, 2.75) is 64.3 Å². The van der Waals surface area contributed by atoms with Gasteiger partial charge in [0.2, 0.25) is 13.6 Å². The van der Waals surface area contributed by atoms with E-state index < -0.39 is 87.9 Å². The average molecular weight is 604 g/mol. The van der Waals surface area contributed by atoms with Crippen LogP contribution in [0.3, 0.4) is 0 Å². The van der Waals surface area contributed by atoms with Crippen LogP contribution >= 0.6 is 7.82 Å². The number of rotatable bonds is 16. The Hall–Kier alpha value is -2.86. The van der Waals surface area contributed by atoms with Gasteiger partial charge in [-0.05, 0) is 34.6 Å². The van der Waals surface area contributed by atoms with Gasteiger partial charge in [0, 0.05) is 19.4 Å². The third-order valence-electron chi connectivity index (χ3n) is 4.87. The van der Waals surface area contributed by atoms with Crippen LogP contribution in [0.15, 0.2) is 21.9 Å². The molecule has 0 aliphatic rings. The molecule has 0 aromatic carbocycles. The summed E-state index contributed by atoms with van der Waals surface area (Å²) in [6, 6.07) is 0.855. The molecule has 0 aliphatic carbocycles. The summed E-state index contributed by atoms with van der Waals surface area (Å²) in [5, 5.41) is 21.8. The summed E-state index contributed by atoms with van der Waals surface area (Å²) in [4.78, 5) is 48.6. The lowest BCUT2D eigenvalue weighted by atomic mass is 9.90. The van der Waals surface area contributed by atoms with Crippen molar-refractivity contribution in [2.75, 3.05) is 34.0 Å². The van der Waals surface area contributed by atoms with Gasteiger partial charge in [-0.25, -0.2) is 32.4 Å². The second-order valence-corrected chi connectivity index (χ2v) is 10.4. The molecule has 0 spiro atoms. The van der Waals surface area contributed by atoms with E-state index in [1.807, 2.05) is 4.98 Å². The molecule has 19 heteroatoms. The maximum absolute atomic E-state index is 14.3. The fraction of sp³-hybridized carbons (Fsp3) is 0.714. The number of phosphoric acid groups is 1. The molecular weight excluding hydrogens is 570 g/mol. The fourth-order valence-electron chi connectivity index (χ4n) is 2.85. The Morgan fingerprint density at radius 3 is 1.95 bits per heavy atom. The van der Waals surface area contributed by atoms with Crippen LogP contribution < -0.4 is 11.2 Å². The number of aliphatic hydroxyl groups is 2. The molecule has 3 N–H and O–H groups in total. The molecule has 0 radical (unpaired) electrons. The first-order valence-corrected chi connectivity index (χ1v) is 13.0. The molecule has 230 valence electrons. The highest BCUT2D eigenvalue weighted by Gasteiger charge is 2.51. The van der Waals surface area contributed by atoms with Gasteiger partial charge in [-0.3, -0.25) is 18.9 Å². The van der Waals surface area contributed by atoms with Gasteiger partial charge in [-0.2, -0.15) is 0 Å². The molecule has 0 bridgehead atoms. The van der Waals surface area contributed by atoms with Crippen LogP contribution in [-0.2, 0) is 47.5 Å². The van der Waals surface area contributed by atoms with Crippen molar-refractivity contribution < 1.29 is 66.0 Å². The average Bonchev–Trinajstić information content (AvgIpc) is 2.83. The zero-order chi connectivity index (χ0) is 30.7. The molecule has 0 saturated carbocycles. The van der Waals surface area contributed by atoms with Gasteiger partial charge < -0.3 is 33.9 Å². The first-order valence-electron chi connectivity index (χ1n) is 11.6. The van der Waals surface area contributed by atoms with Gasteiger partial charge >= 0.3 is 25.8 Å². The van der Waals surface area contributed by atoms with Crippen molar-refractivity contribution in [1.82, 2.24) is 9.55 Å². The predicted octanol–water partition coefficient (Wildman–Crippen LogP) is 1.11. The summed E-state index contributed by atoms with van der Waals surface area (Å²) in [5.74, 6) is 0. The number of H-pyrrole nitrogens is 1. The lowest BCUT2D eigenvalue weighted by molar-refractivity contribution is -0.228. The van der Waals surface area contributed by atoms with E-state index in [-0.39, 0.29) is 0 Å². The maximum Gasteiger partial charge on any atom is 0.510 e. The molecule has 1 aromatic rings. The molecule has 0 aliphatic heterocycles. The number of aromatic amines is 1. The minimum atomic E-state index is -4.92. The lowest BCUT2D eigenvalue weighted by Crippen LogP contribution is -2.62. The van der Waals surface area contributed by atoms with E-state index in [9.17, 15) is 38.3 Å². The van der Waals surface area contributed by atoms with Gasteiger partial charge in [0.1, 0.15) is 12.8 Å². The molecule has 3 atom stereocenters. The number of nitrogens with one attached hydrogen (secondary N) is 1. The highest BCUT2D eigenvalue weighted by molar-refractivity contribution is 7.48. The van der Waals surface area contributed by atoms with Crippen LogP contribution in [-0.4, -0.2) is 90.0 Å². The number of phosphoric ester groups is 1. The van der Waals surface area contributed by atoms with E-state index >= 15 is 0 Å². The highest BCUT2D eigenvalue weighted by Crippen LogP contribution is 2.50. The first kappa shape index (κ1) is 35.2. The van der Waals surface area contributed by atoms with E-state index in [1.165, 1.54) is 27.7 Å². The summed E-state index contributed by atoms with van der Waals surface area (Å²) >= 11 is 0. The van der Waals surface area contributed by atoms with Crippen LogP contribution in [0, 0.1) is 0 Å². The topological polar surface area (TPSA) is 220 Å². The van der Waals surface area contributed by atoms with Crippen LogP contribution in [0.2, 0.25) is 0 Å². The third-order valence-corrected chi connectivity index (χ3v) is 6.16. The number of aromatic nitrogens is 2. The molecule has 1 rings (SSSR count). The standard InChI is InChI=1S/C21H34FN2O15P/c1-13(2)38-18(28)33-11-36-40(31,37-12-34-19(29)39-14(3)4)35-10-21(9-22,32-6)16(26)20(5,30)24-8-7-15(25)23-17(24)27/h7-8,13-14,16,26,30H,9-12H2,1-6H3,(H,23,25,27)/t16-,20+,21+/m0/s1. The molecule has 0 fully saturated rings. The smallest absolute Gasteiger partial charge is 0.432 e. The number of ether oxygens (including phenoxy) is 5. The Balaban J connectivity index is 3.16. The van der Waals surface area contributed by atoms with E-state index in [2.05, 4.69) is 9.47 Å². The normalized spacial score (nSPS) is 15.7. The van der Waals surface area contributed by atoms with Crippen LogP contribution in [0.25, 0.3) is 0 Å². The molecule has 0 saturated heterocycles. The Morgan fingerprint density at radius 2 is 1.55 bits per heavy atom. The molecule has 0 unspecified atom stereocenters. The highest BCUT2D eigenvalue weighted by atomic mass is 31.2. The molecule has 40 heavy (non-hydrogen) atoms. The van der Waals surface area contributed by atoms with E-state index in [0.29, 0.717) is 4.57 Å². The summed E-state index contributed by atoms with van der Waals surface area (Å²) in [6.07, 6.45) is -5.06. The van der Waals surface area contributed by atoms with Crippen LogP contribution in [0.4, 0.5) is 14.0 Å². The largest absolute Gasteiger partial charge is 0.510 e. The minimum absolute atomic E-state index is 0.484. The maximum atomic E-state index is 14.3. The number of hydrogen-bond donors (Lipinski definition) is 3.